The van der Waals surface area contributed by atoms with E-state index in [2.05, 4.69) is 0 Å². The highest BCUT2D eigenvalue weighted by Crippen LogP contribution is 2.34. The number of hydrogen-bond acceptors (Lipinski definition) is 2. The van der Waals surface area contributed by atoms with Crippen LogP contribution in [0.4, 0.5) is 0 Å². The topological polar surface area (TPSA) is 39.1 Å². The van der Waals surface area contributed by atoms with Crippen molar-refractivity contribution in [2.45, 2.75) is 33.1 Å². The Kier molecular flexibility index (Phi) is 3.80. The highest BCUT2D eigenvalue weighted by Gasteiger charge is 2.37. The second-order valence-electron chi connectivity index (χ2n) is 6.47. The number of carbonyl (C=O) groups excluding carboxylic acids is 2. The van der Waals surface area contributed by atoms with Gasteiger partial charge in [0.2, 0.25) is 0 Å². The minimum atomic E-state index is -0.661. The average molecular weight is 307 g/mol. The predicted molar refractivity (Wildman–Crippen MR) is 90.6 cm³/mol. The van der Waals surface area contributed by atoms with Crippen LogP contribution in [0.5, 0.6) is 0 Å². The molecule has 0 spiro atoms. The Bertz CT molecular complexity index is 816. The summed E-state index contributed by atoms with van der Waals surface area (Å²) in [5.74, 6) is -0.800. The first-order valence-corrected chi connectivity index (χ1v) is 7.85. The van der Waals surface area contributed by atoms with E-state index in [1.807, 2.05) is 62.8 Å². The maximum Gasteiger partial charge on any atom is 0.174 e. The van der Waals surface area contributed by atoms with Gasteiger partial charge in [0.1, 0.15) is 5.92 Å². The van der Waals surface area contributed by atoms with E-state index in [1.165, 1.54) is 0 Å². The minimum Gasteiger partial charge on any atom is -0.354 e. The molecule has 0 bridgehead atoms. The van der Waals surface area contributed by atoms with Crippen molar-refractivity contribution in [1.29, 1.82) is 0 Å². The van der Waals surface area contributed by atoms with Crippen LogP contribution in [0.1, 0.15) is 33.9 Å². The van der Waals surface area contributed by atoms with Crippen molar-refractivity contribution in [3.8, 4) is 0 Å². The molecule has 3 rings (SSSR count). The molecule has 0 saturated carbocycles. The smallest absolute Gasteiger partial charge is 0.174 e. The molecule has 1 aliphatic carbocycles. The molecule has 1 aromatic heterocycles. The molecular weight excluding hydrogens is 286 g/mol. The molecule has 1 aromatic carbocycles. The number of Topliss-reactive ketones (excluding diaryl/α,β-unsaturated/α-hetero) is 1. The number of hydrogen-bond donors (Lipinski definition) is 0. The summed E-state index contributed by atoms with van der Waals surface area (Å²) in [6.07, 6.45) is 4.00. The number of ketones is 2. The summed E-state index contributed by atoms with van der Waals surface area (Å²) in [5, 5.41) is 0. The summed E-state index contributed by atoms with van der Waals surface area (Å²) >= 11 is 0. The first kappa shape index (κ1) is 15.5. The lowest BCUT2D eigenvalue weighted by Crippen LogP contribution is -2.18. The van der Waals surface area contributed by atoms with Crippen molar-refractivity contribution in [2.24, 2.45) is 7.05 Å². The fraction of sp³-hybridized carbons (Fsp3) is 0.300. The van der Waals surface area contributed by atoms with Gasteiger partial charge < -0.3 is 4.57 Å². The van der Waals surface area contributed by atoms with E-state index in [4.69, 9.17) is 0 Å². The SMILES string of the molecule is Cc1cc(C)c(C2C(=O)C=C(Cc3cccn3C)C2=O)c(C)c1. The Balaban J connectivity index is 1.95. The van der Waals surface area contributed by atoms with Gasteiger partial charge in [-0.25, -0.2) is 0 Å². The molecule has 3 nitrogen and oxygen atoms in total. The molecule has 1 heterocycles. The van der Waals surface area contributed by atoms with Crippen LogP contribution in [0.2, 0.25) is 0 Å². The number of rotatable bonds is 3. The molecule has 0 fully saturated rings. The highest BCUT2D eigenvalue weighted by molar-refractivity contribution is 6.25. The van der Waals surface area contributed by atoms with Crippen molar-refractivity contribution in [2.75, 3.05) is 0 Å². The van der Waals surface area contributed by atoms with Gasteiger partial charge in [-0.3, -0.25) is 9.59 Å². The molecule has 1 unspecified atom stereocenters. The molecule has 23 heavy (non-hydrogen) atoms. The van der Waals surface area contributed by atoms with Crippen LogP contribution >= 0.6 is 0 Å². The Labute approximate surface area is 136 Å². The molecule has 0 radical (unpaired) electrons. The maximum atomic E-state index is 12.8. The fourth-order valence-electron chi connectivity index (χ4n) is 3.57. The van der Waals surface area contributed by atoms with Crippen LogP contribution in [-0.4, -0.2) is 16.1 Å². The van der Waals surface area contributed by atoms with Crippen molar-refractivity contribution < 1.29 is 9.59 Å². The predicted octanol–water partition coefficient (Wildman–Crippen LogP) is 3.35. The van der Waals surface area contributed by atoms with Crippen LogP contribution in [0, 0.1) is 20.8 Å². The Hall–Kier alpha value is -2.42. The zero-order valence-electron chi connectivity index (χ0n) is 14.0. The van der Waals surface area contributed by atoms with E-state index >= 15 is 0 Å². The van der Waals surface area contributed by atoms with Gasteiger partial charge in [-0.05, 0) is 55.7 Å². The summed E-state index contributed by atoms with van der Waals surface area (Å²) in [7, 11) is 1.95. The van der Waals surface area contributed by atoms with E-state index < -0.39 is 5.92 Å². The summed E-state index contributed by atoms with van der Waals surface area (Å²) in [6, 6.07) is 8.01. The average Bonchev–Trinajstić information content (AvgIpc) is 2.97. The third-order valence-corrected chi connectivity index (χ3v) is 4.63. The fourth-order valence-corrected chi connectivity index (χ4v) is 3.57. The molecule has 1 atom stereocenters. The van der Waals surface area contributed by atoms with Gasteiger partial charge in [0.15, 0.2) is 11.6 Å². The normalized spacial score (nSPS) is 17.7. The summed E-state index contributed by atoms with van der Waals surface area (Å²) in [5.41, 5.74) is 5.71. The minimum absolute atomic E-state index is 0.0498. The van der Waals surface area contributed by atoms with Gasteiger partial charge in [-0.1, -0.05) is 17.7 Å². The lowest BCUT2D eigenvalue weighted by Gasteiger charge is -2.16. The number of aryl methyl sites for hydroxylation is 4. The van der Waals surface area contributed by atoms with E-state index in [1.54, 1.807) is 6.08 Å². The van der Waals surface area contributed by atoms with Crippen LogP contribution < -0.4 is 0 Å². The Morgan fingerprint density at radius 3 is 2.30 bits per heavy atom. The zero-order chi connectivity index (χ0) is 16.7. The van der Waals surface area contributed by atoms with Gasteiger partial charge in [-0.2, -0.15) is 0 Å². The number of benzene rings is 1. The van der Waals surface area contributed by atoms with Gasteiger partial charge in [0.05, 0.1) is 0 Å². The van der Waals surface area contributed by atoms with Gasteiger partial charge >= 0.3 is 0 Å². The van der Waals surface area contributed by atoms with Gasteiger partial charge in [0, 0.05) is 30.9 Å². The second kappa shape index (κ2) is 5.65. The van der Waals surface area contributed by atoms with E-state index in [9.17, 15) is 9.59 Å². The molecule has 0 saturated heterocycles. The molecule has 0 amide bonds. The number of allylic oxidation sites excluding steroid dienone is 2. The molecule has 118 valence electrons. The van der Waals surface area contributed by atoms with Crippen LogP contribution in [0.3, 0.4) is 0 Å². The van der Waals surface area contributed by atoms with Crippen molar-refractivity contribution in [1.82, 2.24) is 4.57 Å². The quantitative estimate of drug-likeness (QED) is 0.816. The summed E-state index contributed by atoms with van der Waals surface area (Å²) in [4.78, 5) is 25.3. The van der Waals surface area contributed by atoms with E-state index in [0.717, 1.165) is 27.9 Å². The highest BCUT2D eigenvalue weighted by atomic mass is 16.2. The second-order valence-corrected chi connectivity index (χ2v) is 6.47. The first-order valence-electron chi connectivity index (χ1n) is 7.85. The van der Waals surface area contributed by atoms with E-state index in [0.29, 0.717) is 12.0 Å². The summed E-state index contributed by atoms with van der Waals surface area (Å²) < 4.78 is 1.98. The molecular formula is C20H21NO2. The molecule has 1 aliphatic rings. The largest absolute Gasteiger partial charge is 0.354 e. The van der Waals surface area contributed by atoms with Crippen molar-refractivity contribution >= 4 is 11.6 Å². The number of aromatic nitrogens is 1. The lowest BCUT2D eigenvalue weighted by atomic mass is 9.85. The van der Waals surface area contributed by atoms with E-state index in [-0.39, 0.29) is 11.6 Å². The van der Waals surface area contributed by atoms with Gasteiger partial charge in [0.25, 0.3) is 0 Å². The monoisotopic (exact) mass is 307 g/mol. The van der Waals surface area contributed by atoms with Crippen LogP contribution in [0.25, 0.3) is 0 Å². The molecule has 0 aliphatic heterocycles. The zero-order valence-corrected chi connectivity index (χ0v) is 14.0. The number of nitrogens with zero attached hydrogens (tertiary/aromatic N) is 1. The third kappa shape index (κ3) is 2.67. The first-order chi connectivity index (χ1) is 10.9. The molecule has 2 aromatic rings. The van der Waals surface area contributed by atoms with Gasteiger partial charge in [-0.15, -0.1) is 0 Å². The standard InChI is InChI=1S/C20H21NO2/c1-12-8-13(2)18(14(3)9-12)19-17(22)11-15(20(19)23)10-16-6-5-7-21(16)4/h5-9,11,19H,10H2,1-4H3. The lowest BCUT2D eigenvalue weighted by molar-refractivity contribution is -0.122. The van der Waals surface area contributed by atoms with Crippen molar-refractivity contribution in [3.05, 3.63) is 70.1 Å². The maximum absolute atomic E-state index is 12.8. The molecule has 3 heteroatoms. The van der Waals surface area contributed by atoms with Crippen LogP contribution in [-0.2, 0) is 23.1 Å². The Morgan fingerprint density at radius 2 is 1.74 bits per heavy atom. The van der Waals surface area contributed by atoms with Crippen molar-refractivity contribution in [3.63, 3.8) is 0 Å². The Morgan fingerprint density at radius 1 is 1.09 bits per heavy atom. The van der Waals surface area contributed by atoms with Crippen LogP contribution in [0.15, 0.2) is 42.1 Å². The number of carbonyl (C=O) groups is 2. The summed E-state index contributed by atoms with van der Waals surface area (Å²) in [6.45, 7) is 5.98. The third-order valence-electron chi connectivity index (χ3n) is 4.63. The molecule has 0 N–H and O–H groups in total.